The smallest absolute Gasteiger partial charge is 0.272 e. The third kappa shape index (κ3) is 7.48. The van der Waals surface area contributed by atoms with E-state index in [9.17, 15) is 9.59 Å². The number of imidazole rings is 1. The van der Waals surface area contributed by atoms with E-state index in [1.165, 1.54) is 0 Å². The molecule has 0 fully saturated rings. The van der Waals surface area contributed by atoms with Crippen LogP contribution in [0.4, 0.5) is 0 Å². The van der Waals surface area contributed by atoms with Gasteiger partial charge in [-0.15, -0.1) is 0 Å². The Hall–Kier alpha value is -3.53. The van der Waals surface area contributed by atoms with Crippen molar-refractivity contribution in [2.75, 3.05) is 6.54 Å². The van der Waals surface area contributed by atoms with Gasteiger partial charge >= 0.3 is 0 Å². The molecule has 2 aromatic heterocycles. The second-order valence-corrected chi connectivity index (χ2v) is 11.0. The van der Waals surface area contributed by atoms with Gasteiger partial charge in [0, 0.05) is 18.7 Å². The van der Waals surface area contributed by atoms with Crippen molar-refractivity contribution in [3.63, 3.8) is 0 Å². The molecule has 37 heavy (non-hydrogen) atoms. The summed E-state index contributed by atoms with van der Waals surface area (Å²) >= 11 is 0. The summed E-state index contributed by atoms with van der Waals surface area (Å²) < 4.78 is 13.6. The SMILES string of the molecule is Cc1noc(C(NC(=O)c2nc(-c3ccccc3)n(CCCNC=O)c2COC(C)(C)C)C(C)(C)C)n1. The molecule has 1 unspecified atom stereocenters. The van der Waals surface area contributed by atoms with Crippen LogP contribution in [0.15, 0.2) is 34.9 Å². The van der Waals surface area contributed by atoms with Crippen LogP contribution >= 0.6 is 0 Å². The van der Waals surface area contributed by atoms with Crippen molar-refractivity contribution in [2.45, 2.75) is 79.7 Å². The molecular weight excluding hydrogens is 472 g/mol. The van der Waals surface area contributed by atoms with Crippen LogP contribution in [0, 0.1) is 12.3 Å². The summed E-state index contributed by atoms with van der Waals surface area (Å²) in [5.41, 5.74) is 0.983. The van der Waals surface area contributed by atoms with Crippen molar-refractivity contribution < 1.29 is 18.8 Å². The van der Waals surface area contributed by atoms with Crippen molar-refractivity contribution in [1.29, 1.82) is 0 Å². The van der Waals surface area contributed by atoms with Crippen LogP contribution in [0.1, 0.15) is 81.9 Å². The van der Waals surface area contributed by atoms with Crippen LogP contribution in [-0.4, -0.2) is 44.2 Å². The molecule has 0 aliphatic carbocycles. The van der Waals surface area contributed by atoms with Gasteiger partial charge in [0.25, 0.3) is 5.91 Å². The van der Waals surface area contributed by atoms with Crippen LogP contribution in [0.3, 0.4) is 0 Å². The fourth-order valence-electron chi connectivity index (χ4n) is 3.82. The summed E-state index contributed by atoms with van der Waals surface area (Å²) in [5.74, 6) is 1.14. The Morgan fingerprint density at radius 1 is 1.14 bits per heavy atom. The standard InChI is InChI=1S/C27H38N6O4/c1-18-29-25(37-32-18)22(26(2,3)4)31-24(35)21-20(16-36-27(5,6)7)33(15-11-14-28-17-34)23(30-21)19-12-9-8-10-13-19/h8-10,12-13,17,22H,11,14-16H2,1-7H3,(H,28,34)(H,31,35). The molecule has 0 aliphatic heterocycles. The monoisotopic (exact) mass is 510 g/mol. The first-order valence-corrected chi connectivity index (χ1v) is 12.5. The highest BCUT2D eigenvalue weighted by Crippen LogP contribution is 2.33. The average molecular weight is 511 g/mol. The normalized spacial score (nSPS) is 12.8. The van der Waals surface area contributed by atoms with Gasteiger partial charge < -0.3 is 24.5 Å². The second-order valence-electron chi connectivity index (χ2n) is 11.0. The minimum Gasteiger partial charge on any atom is -0.370 e. The maximum Gasteiger partial charge on any atom is 0.272 e. The minimum absolute atomic E-state index is 0.188. The molecule has 0 aliphatic rings. The number of carbonyl (C=O) groups excluding carboxylic acids is 2. The van der Waals surface area contributed by atoms with E-state index in [-0.39, 0.29) is 18.2 Å². The Balaban J connectivity index is 2.07. The number of hydrogen-bond acceptors (Lipinski definition) is 7. The van der Waals surface area contributed by atoms with E-state index in [2.05, 4.69) is 20.8 Å². The van der Waals surface area contributed by atoms with Crippen LogP contribution in [-0.2, 0) is 22.7 Å². The molecule has 2 heterocycles. The predicted octanol–water partition coefficient (Wildman–Crippen LogP) is 4.21. The number of ether oxygens (including phenoxy) is 1. The molecule has 1 atom stereocenters. The van der Waals surface area contributed by atoms with Gasteiger partial charge in [-0.1, -0.05) is 56.3 Å². The predicted molar refractivity (Wildman–Crippen MR) is 140 cm³/mol. The molecule has 0 radical (unpaired) electrons. The first-order chi connectivity index (χ1) is 17.4. The zero-order valence-corrected chi connectivity index (χ0v) is 22.8. The third-order valence-corrected chi connectivity index (χ3v) is 5.68. The van der Waals surface area contributed by atoms with Gasteiger partial charge in [0.05, 0.1) is 17.9 Å². The molecule has 2 N–H and O–H groups in total. The van der Waals surface area contributed by atoms with E-state index in [4.69, 9.17) is 14.2 Å². The minimum atomic E-state index is -0.528. The van der Waals surface area contributed by atoms with Gasteiger partial charge in [-0.2, -0.15) is 4.98 Å². The van der Waals surface area contributed by atoms with E-state index in [1.807, 2.05) is 76.4 Å². The topological polar surface area (TPSA) is 124 Å². The van der Waals surface area contributed by atoms with E-state index < -0.39 is 17.1 Å². The number of amides is 2. The summed E-state index contributed by atoms with van der Waals surface area (Å²) in [4.78, 5) is 33.8. The molecule has 3 rings (SSSR count). The lowest BCUT2D eigenvalue weighted by Gasteiger charge is -2.28. The summed E-state index contributed by atoms with van der Waals surface area (Å²) in [5, 5.41) is 9.69. The van der Waals surface area contributed by atoms with Gasteiger partial charge in [0.2, 0.25) is 12.3 Å². The molecule has 3 aromatic rings. The lowest BCUT2D eigenvalue weighted by molar-refractivity contribution is -0.109. The number of nitrogens with zero attached hydrogens (tertiary/aromatic N) is 4. The molecule has 2 amide bonds. The Kier molecular flexibility index (Phi) is 8.85. The lowest BCUT2D eigenvalue weighted by Crippen LogP contribution is -2.37. The number of carbonyl (C=O) groups is 2. The summed E-state index contributed by atoms with van der Waals surface area (Å²) in [6.45, 7) is 14.9. The Morgan fingerprint density at radius 2 is 1.84 bits per heavy atom. The summed E-state index contributed by atoms with van der Waals surface area (Å²) in [7, 11) is 0. The number of aryl methyl sites for hydroxylation is 1. The molecule has 0 bridgehead atoms. The maximum absolute atomic E-state index is 13.8. The highest BCUT2D eigenvalue weighted by atomic mass is 16.5. The van der Waals surface area contributed by atoms with Crippen molar-refractivity contribution in [3.8, 4) is 11.4 Å². The van der Waals surface area contributed by atoms with E-state index in [1.54, 1.807) is 6.92 Å². The number of rotatable bonds is 11. The van der Waals surface area contributed by atoms with Crippen molar-refractivity contribution >= 4 is 12.3 Å². The van der Waals surface area contributed by atoms with Gasteiger partial charge in [0.15, 0.2) is 11.5 Å². The van der Waals surface area contributed by atoms with Crippen molar-refractivity contribution in [2.24, 2.45) is 5.41 Å². The highest BCUT2D eigenvalue weighted by molar-refractivity contribution is 5.94. The van der Waals surface area contributed by atoms with Gasteiger partial charge in [-0.3, -0.25) is 9.59 Å². The van der Waals surface area contributed by atoms with Crippen LogP contribution < -0.4 is 10.6 Å². The van der Waals surface area contributed by atoms with E-state index >= 15 is 0 Å². The molecule has 10 heteroatoms. The van der Waals surface area contributed by atoms with Crippen molar-refractivity contribution in [3.05, 3.63) is 53.4 Å². The molecule has 0 saturated heterocycles. The number of benzene rings is 1. The third-order valence-electron chi connectivity index (χ3n) is 5.68. The fourth-order valence-corrected chi connectivity index (χ4v) is 3.82. The van der Waals surface area contributed by atoms with E-state index in [0.29, 0.717) is 49.2 Å². The van der Waals surface area contributed by atoms with Crippen molar-refractivity contribution in [1.82, 2.24) is 30.3 Å². The summed E-state index contributed by atoms with van der Waals surface area (Å²) in [6, 6.07) is 9.18. The lowest BCUT2D eigenvalue weighted by atomic mass is 9.86. The first-order valence-electron chi connectivity index (χ1n) is 12.5. The highest BCUT2D eigenvalue weighted by Gasteiger charge is 2.35. The van der Waals surface area contributed by atoms with Gasteiger partial charge in [0.1, 0.15) is 11.9 Å². The molecule has 0 saturated carbocycles. The Labute approximate surface area is 218 Å². The fraction of sp³-hybridized carbons (Fsp3) is 0.519. The molecule has 200 valence electrons. The van der Waals surface area contributed by atoms with Gasteiger partial charge in [-0.25, -0.2) is 4.98 Å². The molecule has 10 nitrogen and oxygen atoms in total. The average Bonchev–Trinajstić information content (AvgIpc) is 3.41. The van der Waals surface area contributed by atoms with Gasteiger partial charge in [-0.05, 0) is 39.5 Å². The molecule has 0 spiro atoms. The number of aromatic nitrogens is 4. The molecular formula is C27H38N6O4. The second kappa shape index (κ2) is 11.7. The van der Waals surface area contributed by atoms with E-state index in [0.717, 1.165) is 5.56 Å². The quantitative estimate of drug-likeness (QED) is 0.292. The number of nitrogens with one attached hydrogen (secondary N) is 2. The van der Waals surface area contributed by atoms with Crippen LogP contribution in [0.5, 0.6) is 0 Å². The maximum atomic E-state index is 13.8. The zero-order valence-electron chi connectivity index (χ0n) is 22.8. The largest absolute Gasteiger partial charge is 0.370 e. The Morgan fingerprint density at radius 3 is 2.41 bits per heavy atom. The summed E-state index contributed by atoms with van der Waals surface area (Å²) in [6.07, 6.45) is 1.34. The van der Waals surface area contributed by atoms with Crippen LogP contribution in [0.2, 0.25) is 0 Å². The zero-order chi connectivity index (χ0) is 27.2. The Bertz CT molecular complexity index is 1190. The first kappa shape index (κ1) is 28.0. The van der Waals surface area contributed by atoms with Crippen LogP contribution in [0.25, 0.3) is 11.4 Å². The molecule has 1 aromatic carbocycles. The number of hydrogen-bond donors (Lipinski definition) is 2.